The maximum absolute atomic E-state index is 12.8. The van der Waals surface area contributed by atoms with Crippen molar-refractivity contribution in [3.05, 3.63) is 66.6 Å². The van der Waals surface area contributed by atoms with Crippen LogP contribution in [0, 0.1) is 5.92 Å². The third-order valence-electron chi connectivity index (χ3n) is 7.66. The second-order valence-electron chi connectivity index (χ2n) is 10.6. The van der Waals surface area contributed by atoms with E-state index in [1.165, 1.54) is 38.9 Å². The first-order chi connectivity index (χ1) is 20.1. The van der Waals surface area contributed by atoms with Crippen molar-refractivity contribution in [3.63, 3.8) is 0 Å². The summed E-state index contributed by atoms with van der Waals surface area (Å²) in [5, 5.41) is 4.22. The van der Waals surface area contributed by atoms with Crippen LogP contribution in [0.1, 0.15) is 70.3 Å². The van der Waals surface area contributed by atoms with Gasteiger partial charge in [-0.15, -0.1) is 0 Å². The normalized spacial score (nSPS) is 15.9. The molecule has 2 fully saturated rings. The lowest BCUT2D eigenvalue weighted by molar-refractivity contribution is 0.0719. The SMILES string of the molecule is CC.CCN1CCC(C)CC1.O=C(c1cc2cc(Nc3nccc(-c4ccccn4)n3)ccc2[nH]1)N1CCCCC1. The predicted molar refractivity (Wildman–Crippen MR) is 168 cm³/mol. The first-order valence-electron chi connectivity index (χ1n) is 15.2. The maximum atomic E-state index is 12.8. The Kier molecular flexibility index (Phi) is 11.3. The van der Waals surface area contributed by atoms with Crippen LogP contribution in [0.3, 0.4) is 0 Å². The molecule has 6 rings (SSSR count). The number of aromatic amines is 1. The topological polar surface area (TPSA) is 90.0 Å². The van der Waals surface area contributed by atoms with E-state index in [1.807, 2.05) is 67.3 Å². The zero-order valence-electron chi connectivity index (χ0n) is 25.1. The quantitative estimate of drug-likeness (QED) is 0.272. The number of carbonyl (C=O) groups excluding carboxylic acids is 1. The molecule has 0 unspecified atom stereocenters. The van der Waals surface area contributed by atoms with Crippen LogP contribution in [-0.2, 0) is 0 Å². The Hall–Kier alpha value is -3.78. The molecule has 0 saturated carbocycles. The van der Waals surface area contributed by atoms with Crippen molar-refractivity contribution >= 4 is 28.4 Å². The maximum Gasteiger partial charge on any atom is 0.270 e. The van der Waals surface area contributed by atoms with E-state index in [1.54, 1.807) is 12.4 Å². The predicted octanol–water partition coefficient (Wildman–Crippen LogP) is 7.15. The van der Waals surface area contributed by atoms with Crippen molar-refractivity contribution in [2.75, 3.05) is 38.0 Å². The molecular formula is C33H45N7O. The van der Waals surface area contributed by atoms with Gasteiger partial charge in [0.1, 0.15) is 5.69 Å². The van der Waals surface area contributed by atoms with Crippen LogP contribution in [0.15, 0.2) is 60.9 Å². The van der Waals surface area contributed by atoms with E-state index in [4.69, 9.17) is 0 Å². The number of benzene rings is 1. The van der Waals surface area contributed by atoms with Gasteiger partial charge in [0, 0.05) is 42.1 Å². The highest BCUT2D eigenvalue weighted by Gasteiger charge is 2.20. The Balaban J connectivity index is 0.000000299. The minimum absolute atomic E-state index is 0.0757. The standard InChI is InChI=1S/C23H22N6O.C8H17N.C2H6/c30-22(29-12-4-1-5-13-29)21-15-16-14-17(7-8-18(16)27-21)26-23-25-11-9-20(28-23)19-6-2-3-10-24-19;1-3-9-6-4-8(2)5-7-9;1-2/h2-3,6-11,14-15,27H,1,4-5,12-13H2,(H,25,26,28);8H,3-7H2,1-2H3;1-2H3. The summed E-state index contributed by atoms with van der Waals surface area (Å²) in [5.74, 6) is 1.55. The Morgan fingerprint density at radius 1 is 0.927 bits per heavy atom. The third-order valence-corrected chi connectivity index (χ3v) is 7.66. The molecule has 2 N–H and O–H groups in total. The Morgan fingerprint density at radius 2 is 1.71 bits per heavy atom. The number of likely N-dealkylation sites (tertiary alicyclic amines) is 2. The molecule has 0 aliphatic carbocycles. The minimum atomic E-state index is 0.0757. The van der Waals surface area contributed by atoms with Crippen molar-refractivity contribution in [2.24, 2.45) is 5.92 Å². The molecule has 8 heteroatoms. The smallest absolute Gasteiger partial charge is 0.270 e. The molecule has 1 aromatic carbocycles. The zero-order chi connectivity index (χ0) is 29.0. The monoisotopic (exact) mass is 555 g/mol. The fourth-order valence-electron chi connectivity index (χ4n) is 5.18. The lowest BCUT2D eigenvalue weighted by Gasteiger charge is -2.28. The largest absolute Gasteiger partial charge is 0.351 e. The first-order valence-corrected chi connectivity index (χ1v) is 15.2. The van der Waals surface area contributed by atoms with Gasteiger partial charge in [-0.25, -0.2) is 9.97 Å². The number of aromatic nitrogens is 4. The molecule has 0 radical (unpaired) electrons. The number of anilines is 2. The number of fused-ring (bicyclic) bond motifs is 1. The highest BCUT2D eigenvalue weighted by Crippen LogP contribution is 2.24. The van der Waals surface area contributed by atoms with Crippen molar-refractivity contribution in [1.29, 1.82) is 0 Å². The van der Waals surface area contributed by atoms with Gasteiger partial charge in [-0.2, -0.15) is 0 Å². The van der Waals surface area contributed by atoms with Crippen LogP contribution >= 0.6 is 0 Å². The van der Waals surface area contributed by atoms with Crippen LogP contribution in [0.5, 0.6) is 0 Å². The third kappa shape index (κ3) is 8.36. The van der Waals surface area contributed by atoms with Gasteiger partial charge in [-0.1, -0.05) is 33.8 Å². The highest BCUT2D eigenvalue weighted by atomic mass is 16.2. The van der Waals surface area contributed by atoms with Crippen LogP contribution in [0.2, 0.25) is 0 Å². The molecule has 2 aliphatic heterocycles. The van der Waals surface area contributed by atoms with Gasteiger partial charge in [-0.05, 0) is 100 Å². The van der Waals surface area contributed by atoms with Gasteiger partial charge in [-0.3, -0.25) is 9.78 Å². The van der Waals surface area contributed by atoms with Gasteiger partial charge < -0.3 is 20.1 Å². The minimum Gasteiger partial charge on any atom is -0.351 e. The molecule has 2 saturated heterocycles. The van der Waals surface area contributed by atoms with Crippen LogP contribution in [0.25, 0.3) is 22.3 Å². The Bertz CT molecular complexity index is 1360. The second kappa shape index (κ2) is 15.3. The lowest BCUT2D eigenvalue weighted by atomic mass is 9.99. The van der Waals surface area contributed by atoms with Crippen molar-refractivity contribution in [1.82, 2.24) is 29.7 Å². The molecule has 5 heterocycles. The summed E-state index contributed by atoms with van der Waals surface area (Å²) in [4.78, 5) is 33.7. The number of rotatable bonds is 5. The van der Waals surface area contributed by atoms with Crippen LogP contribution < -0.4 is 5.32 Å². The summed E-state index contributed by atoms with van der Waals surface area (Å²) < 4.78 is 0. The van der Waals surface area contributed by atoms with Gasteiger partial charge in [0.25, 0.3) is 5.91 Å². The molecule has 218 valence electrons. The fourth-order valence-corrected chi connectivity index (χ4v) is 5.18. The number of piperidine rings is 2. The van der Waals surface area contributed by atoms with Gasteiger partial charge in [0.2, 0.25) is 5.95 Å². The summed E-state index contributed by atoms with van der Waals surface area (Å²) in [7, 11) is 0. The highest BCUT2D eigenvalue weighted by molar-refractivity contribution is 5.98. The summed E-state index contributed by atoms with van der Waals surface area (Å²) >= 11 is 0. The van der Waals surface area contributed by atoms with Crippen molar-refractivity contribution in [2.45, 2.75) is 59.8 Å². The van der Waals surface area contributed by atoms with E-state index in [0.29, 0.717) is 11.6 Å². The van der Waals surface area contributed by atoms with Crippen molar-refractivity contribution in [3.8, 4) is 11.4 Å². The number of H-pyrrole nitrogens is 1. The molecule has 3 aromatic heterocycles. The summed E-state index contributed by atoms with van der Waals surface area (Å²) in [6.07, 6.45) is 9.64. The molecule has 8 nitrogen and oxygen atoms in total. The molecular weight excluding hydrogens is 510 g/mol. The molecule has 0 bridgehead atoms. The number of hydrogen-bond acceptors (Lipinski definition) is 6. The van der Waals surface area contributed by atoms with Gasteiger partial charge in [0.15, 0.2) is 0 Å². The average molecular weight is 556 g/mol. The fraction of sp³-hybridized carbons (Fsp3) is 0.455. The lowest BCUT2D eigenvalue weighted by Crippen LogP contribution is -2.35. The van der Waals surface area contributed by atoms with E-state index in [0.717, 1.165) is 59.8 Å². The number of carbonyl (C=O) groups is 1. The molecule has 4 aromatic rings. The second-order valence-corrected chi connectivity index (χ2v) is 10.6. The van der Waals surface area contributed by atoms with Crippen LogP contribution in [0.4, 0.5) is 11.6 Å². The molecule has 0 atom stereocenters. The van der Waals surface area contributed by atoms with Gasteiger partial charge in [0.05, 0.1) is 11.4 Å². The first kappa shape index (κ1) is 30.2. The van der Waals surface area contributed by atoms with E-state index < -0.39 is 0 Å². The zero-order valence-corrected chi connectivity index (χ0v) is 25.1. The number of amides is 1. The van der Waals surface area contributed by atoms with Gasteiger partial charge >= 0.3 is 0 Å². The Morgan fingerprint density at radius 3 is 2.41 bits per heavy atom. The number of hydrogen-bond donors (Lipinski definition) is 2. The van der Waals surface area contributed by atoms with Crippen molar-refractivity contribution < 1.29 is 4.79 Å². The van der Waals surface area contributed by atoms with E-state index in [-0.39, 0.29) is 5.91 Å². The summed E-state index contributed by atoms with van der Waals surface area (Å²) in [6, 6.07) is 15.4. The average Bonchev–Trinajstić information content (AvgIpc) is 3.47. The number of nitrogens with zero attached hydrogens (tertiary/aromatic N) is 5. The molecule has 0 spiro atoms. The molecule has 1 amide bonds. The number of nitrogens with one attached hydrogen (secondary N) is 2. The molecule has 2 aliphatic rings. The van der Waals surface area contributed by atoms with E-state index in [2.05, 4.69) is 44.0 Å². The van der Waals surface area contributed by atoms with E-state index >= 15 is 0 Å². The Labute approximate surface area is 244 Å². The summed E-state index contributed by atoms with van der Waals surface area (Å²) in [6.45, 7) is 14.2. The van der Waals surface area contributed by atoms with Crippen LogP contribution in [-0.4, -0.2) is 68.4 Å². The van der Waals surface area contributed by atoms with E-state index in [9.17, 15) is 4.79 Å². The number of pyridine rings is 1. The molecule has 41 heavy (non-hydrogen) atoms. The summed E-state index contributed by atoms with van der Waals surface area (Å²) in [5.41, 5.74) is 3.98.